The first-order chi connectivity index (χ1) is 7.66. The maximum atomic E-state index is 12.1. The van der Waals surface area contributed by atoms with Crippen LogP contribution in [0.2, 0.25) is 0 Å². The minimum Gasteiger partial charge on any atom is -0.379 e. The van der Waals surface area contributed by atoms with Gasteiger partial charge in [-0.1, -0.05) is 18.2 Å². The molecule has 0 aliphatic carbocycles. The highest BCUT2D eigenvalue weighted by atomic mass is 32.2. The van der Waals surface area contributed by atoms with Crippen molar-refractivity contribution in [2.24, 2.45) is 5.90 Å². The number of hydrogen-bond acceptors (Lipinski definition) is 5. The van der Waals surface area contributed by atoms with Gasteiger partial charge in [-0.3, -0.25) is 4.84 Å². The Kier molecular flexibility index (Phi) is 3.25. The van der Waals surface area contributed by atoms with Gasteiger partial charge in [-0.2, -0.15) is 0 Å². The van der Waals surface area contributed by atoms with Gasteiger partial charge in [-0.25, -0.2) is 14.3 Å². The van der Waals surface area contributed by atoms with Crippen molar-refractivity contribution in [3.63, 3.8) is 0 Å². The summed E-state index contributed by atoms with van der Waals surface area (Å²) >= 11 is 0. The summed E-state index contributed by atoms with van der Waals surface area (Å²) < 4.78 is 29.2. The molecule has 1 aliphatic rings. The number of ether oxygens (including phenoxy) is 1. The molecule has 5 nitrogen and oxygen atoms in total. The molecule has 6 heteroatoms. The van der Waals surface area contributed by atoms with E-state index >= 15 is 0 Å². The van der Waals surface area contributed by atoms with Crippen molar-refractivity contribution in [3.05, 3.63) is 29.8 Å². The second-order valence-corrected chi connectivity index (χ2v) is 5.82. The fourth-order valence-corrected chi connectivity index (χ4v) is 3.23. The molecule has 0 aromatic heterocycles. The van der Waals surface area contributed by atoms with Crippen LogP contribution in [-0.2, 0) is 26.0 Å². The summed E-state index contributed by atoms with van der Waals surface area (Å²) in [6.07, 6.45) is 0. The molecule has 1 aromatic carbocycles. The molecule has 88 valence electrons. The van der Waals surface area contributed by atoms with Gasteiger partial charge >= 0.3 is 0 Å². The Morgan fingerprint density at radius 3 is 2.62 bits per heavy atom. The number of nitrogens with two attached hydrogens (primary N) is 1. The molecule has 2 rings (SSSR count). The molecular formula is C10H13NO4S. The third-order valence-corrected chi connectivity index (χ3v) is 4.73. The monoisotopic (exact) mass is 243 g/mol. The molecule has 1 aromatic rings. The van der Waals surface area contributed by atoms with E-state index in [2.05, 4.69) is 4.84 Å². The van der Waals surface area contributed by atoms with Gasteiger partial charge in [-0.05, 0) is 11.6 Å². The number of rotatable bonds is 4. The van der Waals surface area contributed by atoms with Crippen LogP contribution in [-0.4, -0.2) is 26.9 Å². The first kappa shape index (κ1) is 11.5. The van der Waals surface area contributed by atoms with Crippen molar-refractivity contribution in [1.82, 2.24) is 0 Å². The average molecular weight is 243 g/mol. The van der Waals surface area contributed by atoms with E-state index in [9.17, 15) is 8.42 Å². The molecule has 0 radical (unpaired) electrons. The van der Waals surface area contributed by atoms with Gasteiger partial charge in [0, 0.05) is 0 Å². The molecule has 0 saturated carbocycles. The summed E-state index contributed by atoms with van der Waals surface area (Å²) in [6.45, 7) is 0.614. The summed E-state index contributed by atoms with van der Waals surface area (Å²) in [5.41, 5.74) is 0.580. The minimum absolute atomic E-state index is 0.0863. The normalized spacial score (nSPS) is 17.1. The lowest BCUT2D eigenvalue weighted by molar-refractivity contribution is 0.0415. The highest BCUT2D eigenvalue weighted by molar-refractivity contribution is 7.92. The van der Waals surface area contributed by atoms with Gasteiger partial charge in [0.1, 0.15) is 5.25 Å². The molecule has 16 heavy (non-hydrogen) atoms. The van der Waals surface area contributed by atoms with Crippen LogP contribution >= 0.6 is 0 Å². The van der Waals surface area contributed by atoms with Crippen molar-refractivity contribution in [2.45, 2.75) is 16.8 Å². The smallest absolute Gasteiger partial charge is 0.186 e. The molecule has 0 unspecified atom stereocenters. The van der Waals surface area contributed by atoms with Crippen molar-refractivity contribution >= 4 is 9.84 Å². The van der Waals surface area contributed by atoms with Crippen molar-refractivity contribution in [1.29, 1.82) is 0 Å². The largest absolute Gasteiger partial charge is 0.379 e. The zero-order valence-electron chi connectivity index (χ0n) is 8.63. The summed E-state index contributed by atoms with van der Waals surface area (Å²) in [6, 6.07) is 6.71. The van der Waals surface area contributed by atoms with E-state index in [1.165, 1.54) is 0 Å². The highest BCUT2D eigenvalue weighted by Crippen LogP contribution is 2.24. The van der Waals surface area contributed by atoms with E-state index in [4.69, 9.17) is 10.6 Å². The van der Waals surface area contributed by atoms with Crippen LogP contribution in [0.3, 0.4) is 0 Å². The molecule has 0 bridgehead atoms. The lowest BCUT2D eigenvalue weighted by Crippen LogP contribution is -2.41. The first-order valence-corrected chi connectivity index (χ1v) is 6.42. The van der Waals surface area contributed by atoms with E-state index in [0.717, 1.165) is 0 Å². The van der Waals surface area contributed by atoms with Crippen molar-refractivity contribution < 1.29 is 18.0 Å². The van der Waals surface area contributed by atoms with E-state index < -0.39 is 15.1 Å². The molecule has 1 saturated heterocycles. The SMILES string of the molecule is NOCc1ccccc1S(=O)(=O)C1COC1. The summed E-state index contributed by atoms with van der Waals surface area (Å²) in [5, 5.41) is -0.438. The van der Waals surface area contributed by atoms with E-state index in [1.54, 1.807) is 24.3 Å². The third-order valence-electron chi connectivity index (χ3n) is 2.56. The molecule has 1 aliphatic heterocycles. The number of sulfone groups is 1. The highest BCUT2D eigenvalue weighted by Gasteiger charge is 2.35. The molecule has 1 heterocycles. The topological polar surface area (TPSA) is 78.6 Å². The fraction of sp³-hybridized carbons (Fsp3) is 0.400. The first-order valence-electron chi connectivity index (χ1n) is 4.87. The Balaban J connectivity index is 2.38. The zero-order valence-corrected chi connectivity index (χ0v) is 9.44. The van der Waals surface area contributed by atoms with Crippen molar-refractivity contribution in [2.75, 3.05) is 13.2 Å². The lowest BCUT2D eigenvalue weighted by Gasteiger charge is -2.26. The van der Waals surface area contributed by atoms with Crippen LogP contribution in [0.1, 0.15) is 5.56 Å². The van der Waals surface area contributed by atoms with Gasteiger partial charge in [0.05, 0.1) is 24.7 Å². The third kappa shape index (κ3) is 1.97. The minimum atomic E-state index is -3.32. The fourth-order valence-electron chi connectivity index (χ4n) is 1.56. The number of benzene rings is 1. The van der Waals surface area contributed by atoms with Crippen LogP contribution < -0.4 is 5.90 Å². The molecule has 0 spiro atoms. The average Bonchev–Trinajstić information content (AvgIpc) is 2.15. The Bertz CT molecular complexity index is 467. The second-order valence-electron chi connectivity index (χ2n) is 3.62. The van der Waals surface area contributed by atoms with E-state index in [-0.39, 0.29) is 24.7 Å². The lowest BCUT2D eigenvalue weighted by atomic mass is 10.2. The molecular weight excluding hydrogens is 230 g/mol. The predicted molar refractivity (Wildman–Crippen MR) is 57.2 cm³/mol. The van der Waals surface area contributed by atoms with Gasteiger partial charge in [0.15, 0.2) is 9.84 Å². The van der Waals surface area contributed by atoms with E-state index in [1.807, 2.05) is 0 Å². The van der Waals surface area contributed by atoms with Gasteiger partial charge < -0.3 is 4.74 Å². The Morgan fingerprint density at radius 1 is 1.38 bits per heavy atom. The van der Waals surface area contributed by atoms with Crippen LogP contribution in [0.4, 0.5) is 0 Å². The quantitative estimate of drug-likeness (QED) is 0.767. The Morgan fingerprint density at radius 2 is 2.06 bits per heavy atom. The molecule has 1 fully saturated rings. The van der Waals surface area contributed by atoms with Crippen LogP contribution in [0.5, 0.6) is 0 Å². The summed E-state index contributed by atoms with van der Waals surface area (Å²) in [7, 11) is -3.32. The van der Waals surface area contributed by atoms with Gasteiger partial charge in [0.25, 0.3) is 0 Å². The Labute approximate surface area is 94.0 Å². The molecule has 0 atom stereocenters. The van der Waals surface area contributed by atoms with Crippen molar-refractivity contribution in [3.8, 4) is 0 Å². The molecule has 2 N–H and O–H groups in total. The summed E-state index contributed by atoms with van der Waals surface area (Å²) in [4.78, 5) is 4.79. The van der Waals surface area contributed by atoms with Crippen LogP contribution in [0.15, 0.2) is 29.2 Å². The van der Waals surface area contributed by atoms with Gasteiger partial charge in [0.2, 0.25) is 0 Å². The summed E-state index contributed by atoms with van der Waals surface area (Å²) in [5.74, 6) is 4.98. The maximum Gasteiger partial charge on any atom is 0.186 e. The second kappa shape index (κ2) is 4.50. The van der Waals surface area contributed by atoms with Crippen LogP contribution in [0, 0.1) is 0 Å². The standard InChI is InChI=1S/C10H13NO4S/c11-15-5-8-3-1-2-4-10(8)16(12,13)9-6-14-7-9/h1-4,9H,5-7,11H2. The van der Waals surface area contributed by atoms with Crippen LogP contribution in [0.25, 0.3) is 0 Å². The maximum absolute atomic E-state index is 12.1. The van der Waals surface area contributed by atoms with E-state index in [0.29, 0.717) is 5.56 Å². The number of hydrogen-bond donors (Lipinski definition) is 1. The zero-order chi connectivity index (χ0) is 11.6. The Hall–Kier alpha value is -0.950. The molecule has 0 amide bonds. The predicted octanol–water partition coefficient (Wildman–Crippen LogP) is 0.249. The van der Waals surface area contributed by atoms with Gasteiger partial charge in [-0.15, -0.1) is 0 Å².